The van der Waals surface area contributed by atoms with E-state index in [1.165, 1.54) is 0 Å². The summed E-state index contributed by atoms with van der Waals surface area (Å²) in [5.41, 5.74) is 1.67. The summed E-state index contributed by atoms with van der Waals surface area (Å²) in [6.07, 6.45) is 3.27. The molecule has 3 aromatic rings. The Morgan fingerprint density at radius 2 is 1.81 bits per heavy atom. The Morgan fingerprint density at radius 1 is 1.08 bits per heavy atom. The topological polar surface area (TPSA) is 86.9 Å². The standard InChI is InChI=1S/C29H31N3O4/c33-24-17-29(28(35)32(18-20-12-13-20)26(24)22-10-5-2-6-11-22)14-7-15-31(19-29)27(34)25-16-23(30-36-25)21-8-3-1-4-9-21/h1-6,8-11,16,20,24,26,33H,7,12-15,17-19H2/t24-,26+,29-/m1/s1. The van der Waals surface area contributed by atoms with E-state index in [0.29, 0.717) is 44.0 Å². The van der Waals surface area contributed by atoms with E-state index < -0.39 is 11.5 Å². The third kappa shape index (κ3) is 4.22. The number of amides is 2. The van der Waals surface area contributed by atoms with Crippen LogP contribution in [0.1, 0.15) is 54.3 Å². The third-order valence-corrected chi connectivity index (χ3v) is 7.96. The van der Waals surface area contributed by atoms with Crippen LogP contribution in [0.5, 0.6) is 0 Å². The zero-order valence-electron chi connectivity index (χ0n) is 20.3. The van der Waals surface area contributed by atoms with Crippen LogP contribution >= 0.6 is 0 Å². The van der Waals surface area contributed by atoms with E-state index in [4.69, 9.17) is 4.52 Å². The third-order valence-electron chi connectivity index (χ3n) is 7.96. The molecule has 186 valence electrons. The van der Waals surface area contributed by atoms with Gasteiger partial charge in [0.05, 0.1) is 17.6 Å². The summed E-state index contributed by atoms with van der Waals surface area (Å²) in [5.74, 6) is 0.472. The predicted molar refractivity (Wildman–Crippen MR) is 134 cm³/mol. The summed E-state index contributed by atoms with van der Waals surface area (Å²) in [5, 5.41) is 15.5. The number of carbonyl (C=O) groups excluding carboxylic acids is 2. The Bertz CT molecular complexity index is 1240. The van der Waals surface area contributed by atoms with Gasteiger partial charge in [-0.25, -0.2) is 0 Å². The van der Waals surface area contributed by atoms with Crippen molar-refractivity contribution in [3.63, 3.8) is 0 Å². The lowest BCUT2D eigenvalue weighted by Crippen LogP contribution is -2.61. The van der Waals surface area contributed by atoms with E-state index in [0.717, 1.165) is 24.0 Å². The number of hydrogen-bond donors (Lipinski definition) is 1. The molecule has 1 aromatic heterocycles. The van der Waals surface area contributed by atoms with Crippen LogP contribution < -0.4 is 0 Å². The van der Waals surface area contributed by atoms with Crippen molar-refractivity contribution in [2.24, 2.45) is 11.3 Å². The van der Waals surface area contributed by atoms with Crippen molar-refractivity contribution in [3.8, 4) is 11.3 Å². The van der Waals surface area contributed by atoms with Gasteiger partial charge in [-0.2, -0.15) is 0 Å². The molecule has 2 saturated heterocycles. The zero-order chi connectivity index (χ0) is 24.7. The van der Waals surface area contributed by atoms with Crippen LogP contribution in [0, 0.1) is 11.3 Å². The second kappa shape index (κ2) is 9.21. The van der Waals surface area contributed by atoms with Crippen LogP contribution in [0.3, 0.4) is 0 Å². The molecular weight excluding hydrogens is 454 g/mol. The molecule has 1 saturated carbocycles. The van der Waals surface area contributed by atoms with Gasteiger partial charge in [0.25, 0.3) is 5.91 Å². The smallest absolute Gasteiger partial charge is 0.292 e. The van der Waals surface area contributed by atoms with Gasteiger partial charge in [0.1, 0.15) is 5.69 Å². The lowest BCUT2D eigenvalue weighted by atomic mass is 9.69. The first kappa shape index (κ1) is 23.0. The summed E-state index contributed by atoms with van der Waals surface area (Å²) >= 11 is 0. The first-order valence-corrected chi connectivity index (χ1v) is 12.9. The second-order valence-electron chi connectivity index (χ2n) is 10.6. The van der Waals surface area contributed by atoms with E-state index in [2.05, 4.69) is 5.16 Å². The number of piperidine rings is 2. The van der Waals surface area contributed by atoms with Gasteiger partial charge in [-0.15, -0.1) is 0 Å². The second-order valence-corrected chi connectivity index (χ2v) is 10.6. The summed E-state index contributed by atoms with van der Waals surface area (Å²) in [7, 11) is 0. The molecule has 7 nitrogen and oxygen atoms in total. The largest absolute Gasteiger partial charge is 0.391 e. The van der Waals surface area contributed by atoms with Crippen molar-refractivity contribution in [1.29, 1.82) is 0 Å². The highest BCUT2D eigenvalue weighted by Crippen LogP contribution is 2.47. The van der Waals surface area contributed by atoms with Crippen LogP contribution in [0.15, 0.2) is 71.3 Å². The van der Waals surface area contributed by atoms with Crippen LogP contribution in [0.25, 0.3) is 11.3 Å². The van der Waals surface area contributed by atoms with Crippen molar-refractivity contribution in [2.75, 3.05) is 19.6 Å². The van der Waals surface area contributed by atoms with Gasteiger partial charge >= 0.3 is 0 Å². The average molecular weight is 486 g/mol. The van der Waals surface area contributed by atoms with Gasteiger partial charge in [0.15, 0.2) is 0 Å². The van der Waals surface area contributed by atoms with Crippen molar-refractivity contribution in [3.05, 3.63) is 78.1 Å². The van der Waals surface area contributed by atoms with Crippen LogP contribution in [-0.4, -0.2) is 57.6 Å². The van der Waals surface area contributed by atoms with E-state index >= 15 is 0 Å². The number of nitrogens with zero attached hydrogens (tertiary/aromatic N) is 3. The SMILES string of the molecule is O=C(c1cc(-c2ccccc2)no1)N1CCC[C@@]2(C[C@@H](O)[C@H](c3ccccc3)N(CC3CC3)C2=O)C1. The first-order valence-electron chi connectivity index (χ1n) is 12.9. The fraction of sp³-hybridized carbons (Fsp3) is 0.414. The molecule has 0 radical (unpaired) electrons. The molecule has 1 aliphatic carbocycles. The fourth-order valence-electron chi connectivity index (χ4n) is 5.99. The highest BCUT2D eigenvalue weighted by Gasteiger charge is 2.54. The van der Waals surface area contributed by atoms with Gasteiger partial charge in [0, 0.05) is 31.3 Å². The zero-order valence-corrected chi connectivity index (χ0v) is 20.3. The fourth-order valence-corrected chi connectivity index (χ4v) is 5.99. The molecule has 0 bridgehead atoms. The van der Waals surface area contributed by atoms with E-state index in [9.17, 15) is 14.7 Å². The molecule has 1 N–H and O–H groups in total. The number of hydrogen-bond acceptors (Lipinski definition) is 5. The maximum absolute atomic E-state index is 14.1. The number of aliphatic hydroxyl groups is 1. The maximum Gasteiger partial charge on any atom is 0.292 e. The molecule has 6 rings (SSSR count). The van der Waals surface area contributed by atoms with Gasteiger partial charge in [-0.3, -0.25) is 9.59 Å². The normalized spacial score (nSPS) is 26.4. The Kier molecular flexibility index (Phi) is 5.88. The van der Waals surface area contributed by atoms with Crippen LogP contribution in [-0.2, 0) is 4.79 Å². The first-order chi connectivity index (χ1) is 17.5. The molecule has 7 heteroatoms. The molecule has 1 spiro atoms. The number of likely N-dealkylation sites (tertiary alicyclic amines) is 2. The van der Waals surface area contributed by atoms with E-state index in [1.807, 2.05) is 65.6 Å². The summed E-state index contributed by atoms with van der Waals surface area (Å²) in [6.45, 7) is 1.50. The predicted octanol–water partition coefficient (Wildman–Crippen LogP) is 4.31. The Hall–Kier alpha value is -3.45. The van der Waals surface area contributed by atoms with Gasteiger partial charge in [0.2, 0.25) is 11.7 Å². The highest BCUT2D eigenvalue weighted by atomic mass is 16.5. The highest BCUT2D eigenvalue weighted by molar-refractivity contribution is 5.93. The lowest BCUT2D eigenvalue weighted by Gasteiger charge is -2.52. The Balaban J connectivity index is 1.25. The Labute approximate surface area is 210 Å². The van der Waals surface area contributed by atoms with Crippen molar-refractivity contribution in [2.45, 2.75) is 44.2 Å². The molecule has 3 heterocycles. The molecule has 2 aromatic carbocycles. The Morgan fingerprint density at radius 3 is 2.53 bits per heavy atom. The number of benzene rings is 2. The minimum Gasteiger partial charge on any atom is -0.391 e. The monoisotopic (exact) mass is 485 g/mol. The van der Waals surface area contributed by atoms with Gasteiger partial charge in [-0.05, 0) is 43.6 Å². The molecule has 3 fully saturated rings. The summed E-state index contributed by atoms with van der Waals surface area (Å²) in [4.78, 5) is 31.2. The molecule has 0 unspecified atom stereocenters. The quantitative estimate of drug-likeness (QED) is 0.582. The summed E-state index contributed by atoms with van der Waals surface area (Å²) in [6, 6.07) is 20.7. The van der Waals surface area contributed by atoms with E-state index in [-0.39, 0.29) is 30.2 Å². The molecule has 3 atom stereocenters. The number of rotatable bonds is 5. The molecule has 2 aliphatic heterocycles. The summed E-state index contributed by atoms with van der Waals surface area (Å²) < 4.78 is 5.43. The molecule has 36 heavy (non-hydrogen) atoms. The minimum absolute atomic E-state index is 0.0635. The minimum atomic E-state index is -0.782. The van der Waals surface area contributed by atoms with Crippen molar-refractivity contribution in [1.82, 2.24) is 15.0 Å². The van der Waals surface area contributed by atoms with Crippen molar-refractivity contribution < 1.29 is 19.2 Å². The van der Waals surface area contributed by atoms with Crippen LogP contribution in [0.2, 0.25) is 0 Å². The van der Waals surface area contributed by atoms with Crippen molar-refractivity contribution >= 4 is 11.8 Å². The van der Waals surface area contributed by atoms with Gasteiger partial charge in [-0.1, -0.05) is 65.8 Å². The number of aromatic nitrogens is 1. The molecular formula is C29H31N3O4. The molecule has 2 amide bonds. The molecule has 3 aliphatic rings. The average Bonchev–Trinajstić information content (AvgIpc) is 3.59. The maximum atomic E-state index is 14.1. The lowest BCUT2D eigenvalue weighted by molar-refractivity contribution is -0.164. The van der Waals surface area contributed by atoms with Crippen LogP contribution in [0.4, 0.5) is 0 Å². The van der Waals surface area contributed by atoms with E-state index in [1.54, 1.807) is 11.0 Å². The number of carbonyl (C=O) groups is 2. The van der Waals surface area contributed by atoms with Gasteiger partial charge < -0.3 is 19.4 Å². The number of aliphatic hydroxyl groups excluding tert-OH is 1.